The van der Waals surface area contributed by atoms with Crippen molar-refractivity contribution in [3.05, 3.63) is 59.9 Å². The zero-order valence-corrected chi connectivity index (χ0v) is 19.7. The first-order valence-corrected chi connectivity index (χ1v) is 11.5. The van der Waals surface area contributed by atoms with Crippen molar-refractivity contribution in [2.24, 2.45) is 0 Å². The second-order valence-corrected chi connectivity index (χ2v) is 8.04. The zero-order valence-electron chi connectivity index (χ0n) is 19.7. The number of carbonyl (C=O) groups excluding carboxylic acids is 2. The molecule has 0 unspecified atom stereocenters. The van der Waals surface area contributed by atoms with Gasteiger partial charge in [0.1, 0.15) is 18.0 Å². The monoisotopic (exact) mass is 478 g/mol. The van der Waals surface area contributed by atoms with Crippen LogP contribution in [-0.2, 0) is 11.2 Å². The van der Waals surface area contributed by atoms with Crippen LogP contribution < -0.4 is 5.73 Å². The minimum Gasteiger partial charge on any atom is -0.450 e. The summed E-state index contributed by atoms with van der Waals surface area (Å²) >= 11 is 0. The lowest BCUT2D eigenvalue weighted by Gasteiger charge is -2.34. The molecule has 1 aliphatic heterocycles. The van der Waals surface area contributed by atoms with Gasteiger partial charge in [-0.3, -0.25) is 4.79 Å². The molecule has 0 radical (unpaired) electrons. The van der Waals surface area contributed by atoms with Gasteiger partial charge in [0.2, 0.25) is 0 Å². The van der Waals surface area contributed by atoms with Gasteiger partial charge in [-0.2, -0.15) is 0 Å². The smallest absolute Gasteiger partial charge is 0.409 e. The molecule has 0 bridgehead atoms. The Hall–Kier alpha value is -4.08. The molecule has 0 atom stereocenters. The maximum Gasteiger partial charge on any atom is 0.409 e. The Morgan fingerprint density at radius 1 is 1.00 bits per heavy atom. The number of halogens is 1. The number of carbonyl (C=O) groups is 2. The van der Waals surface area contributed by atoms with Gasteiger partial charge in [-0.15, -0.1) is 0 Å². The van der Waals surface area contributed by atoms with Gasteiger partial charge in [-0.05, 0) is 37.6 Å². The number of nitrogens with zero attached hydrogens (tertiary/aromatic N) is 5. The summed E-state index contributed by atoms with van der Waals surface area (Å²) in [6, 6.07) is 7.99. The topological polar surface area (TPSA) is 115 Å². The number of pyridine rings is 1. The summed E-state index contributed by atoms with van der Waals surface area (Å²) in [7, 11) is 0. The third-order valence-electron chi connectivity index (χ3n) is 5.90. The summed E-state index contributed by atoms with van der Waals surface area (Å²) in [4.78, 5) is 40.9. The van der Waals surface area contributed by atoms with E-state index in [0.29, 0.717) is 49.7 Å². The van der Waals surface area contributed by atoms with E-state index in [2.05, 4.69) is 15.0 Å². The van der Waals surface area contributed by atoms with Gasteiger partial charge < -0.3 is 20.3 Å². The summed E-state index contributed by atoms with van der Waals surface area (Å²) in [5, 5.41) is 0. The van der Waals surface area contributed by atoms with E-state index in [1.165, 1.54) is 18.5 Å². The fourth-order valence-electron chi connectivity index (χ4n) is 4.08. The highest BCUT2D eigenvalue weighted by molar-refractivity contribution is 5.95. The molecule has 3 heterocycles. The molecule has 4 rings (SSSR count). The number of nitrogens with two attached hydrogens (primary N) is 1. The number of nitrogen functional groups attached to an aromatic ring is 1. The highest BCUT2D eigenvalue weighted by Crippen LogP contribution is 2.33. The molecule has 2 N–H and O–H groups in total. The van der Waals surface area contributed by atoms with Crippen LogP contribution in [-0.4, -0.2) is 69.5 Å². The molecule has 2 aromatic heterocycles. The number of aromatic nitrogens is 3. The molecule has 35 heavy (non-hydrogen) atoms. The lowest BCUT2D eigenvalue weighted by Crippen LogP contribution is -2.50. The zero-order chi connectivity index (χ0) is 24.9. The van der Waals surface area contributed by atoms with Crippen molar-refractivity contribution in [2.45, 2.75) is 20.3 Å². The molecule has 2 amide bonds. The van der Waals surface area contributed by atoms with Gasteiger partial charge in [0.15, 0.2) is 0 Å². The lowest BCUT2D eigenvalue weighted by atomic mass is 9.96. The van der Waals surface area contributed by atoms with E-state index < -0.39 is 17.8 Å². The Labute approximate surface area is 202 Å². The Kier molecular flexibility index (Phi) is 7.19. The van der Waals surface area contributed by atoms with Crippen LogP contribution in [0.1, 0.15) is 29.9 Å². The van der Waals surface area contributed by atoms with E-state index >= 15 is 4.39 Å². The Morgan fingerprint density at radius 2 is 1.71 bits per heavy atom. The maximum atomic E-state index is 15.2. The summed E-state index contributed by atoms with van der Waals surface area (Å²) in [6.45, 7) is 5.29. The van der Waals surface area contributed by atoms with E-state index in [0.717, 1.165) is 16.8 Å². The summed E-state index contributed by atoms with van der Waals surface area (Å²) in [5.41, 5.74) is 9.08. The minimum absolute atomic E-state index is 0.0289. The molecule has 1 saturated heterocycles. The molecule has 1 aromatic carbocycles. The third-order valence-corrected chi connectivity index (χ3v) is 5.90. The average Bonchev–Trinajstić information content (AvgIpc) is 2.88. The van der Waals surface area contributed by atoms with Crippen LogP contribution in [0.15, 0.2) is 42.9 Å². The Morgan fingerprint density at radius 3 is 2.34 bits per heavy atom. The molecule has 10 heteroatoms. The highest BCUT2D eigenvalue weighted by atomic mass is 19.1. The molecule has 182 valence electrons. The first-order valence-electron chi connectivity index (χ1n) is 11.5. The van der Waals surface area contributed by atoms with Crippen LogP contribution in [0.2, 0.25) is 0 Å². The average molecular weight is 479 g/mol. The molecule has 0 spiro atoms. The second kappa shape index (κ2) is 10.5. The SMILES string of the molecule is CCOC(=O)N1CCN(C(=O)c2ccc(-c3ncnc(CC)c3-c3ccc(N)nc3)cc2F)CC1. The standard InChI is InChI=1S/C25H27FN6O3/c1-3-20-22(17-6-8-21(27)28-14-17)23(30-15-29-20)16-5-7-18(19(26)13-16)24(33)31-9-11-32(12-10-31)25(34)35-4-2/h5-8,13-15H,3-4,9-12H2,1-2H3,(H2,27,28). The predicted octanol–water partition coefficient (Wildman–Crippen LogP) is 3.40. The predicted molar refractivity (Wildman–Crippen MR) is 129 cm³/mol. The van der Waals surface area contributed by atoms with Crippen molar-refractivity contribution in [3.63, 3.8) is 0 Å². The van der Waals surface area contributed by atoms with Gasteiger partial charge in [-0.1, -0.05) is 13.0 Å². The molecule has 9 nitrogen and oxygen atoms in total. The van der Waals surface area contributed by atoms with E-state index in [1.807, 2.05) is 13.0 Å². The molecule has 3 aromatic rings. The van der Waals surface area contributed by atoms with Gasteiger partial charge in [0, 0.05) is 49.1 Å². The van der Waals surface area contributed by atoms with E-state index in [4.69, 9.17) is 10.5 Å². The first kappa shape index (κ1) is 24.1. The largest absolute Gasteiger partial charge is 0.450 e. The number of ether oxygens (including phenoxy) is 1. The number of hydrogen-bond acceptors (Lipinski definition) is 7. The second-order valence-electron chi connectivity index (χ2n) is 8.04. The van der Waals surface area contributed by atoms with Gasteiger partial charge >= 0.3 is 6.09 Å². The van der Waals surface area contributed by atoms with Crippen LogP contribution in [0.3, 0.4) is 0 Å². The van der Waals surface area contributed by atoms with Crippen molar-refractivity contribution in [1.82, 2.24) is 24.8 Å². The number of aryl methyl sites for hydroxylation is 1. The Balaban J connectivity index is 1.59. The molecule has 0 aliphatic carbocycles. The van der Waals surface area contributed by atoms with E-state index in [9.17, 15) is 9.59 Å². The molecule has 0 saturated carbocycles. The highest BCUT2D eigenvalue weighted by Gasteiger charge is 2.27. The number of amides is 2. The van der Waals surface area contributed by atoms with Crippen LogP contribution in [0.25, 0.3) is 22.4 Å². The minimum atomic E-state index is -0.640. The van der Waals surface area contributed by atoms with Crippen molar-refractivity contribution < 1.29 is 18.7 Å². The number of rotatable bonds is 5. The molecule has 1 fully saturated rings. The van der Waals surface area contributed by atoms with Crippen LogP contribution in [0, 0.1) is 5.82 Å². The van der Waals surface area contributed by atoms with Crippen molar-refractivity contribution in [3.8, 4) is 22.4 Å². The van der Waals surface area contributed by atoms with E-state index in [-0.39, 0.29) is 12.2 Å². The van der Waals surface area contributed by atoms with Crippen LogP contribution in [0.5, 0.6) is 0 Å². The van der Waals surface area contributed by atoms with Crippen molar-refractivity contribution in [2.75, 3.05) is 38.5 Å². The molecular formula is C25H27FN6O3. The number of benzene rings is 1. The Bertz CT molecular complexity index is 1230. The van der Waals surface area contributed by atoms with Crippen LogP contribution in [0.4, 0.5) is 15.0 Å². The van der Waals surface area contributed by atoms with Crippen molar-refractivity contribution in [1.29, 1.82) is 0 Å². The number of piperazine rings is 1. The molecular weight excluding hydrogens is 451 g/mol. The van der Waals surface area contributed by atoms with Gasteiger partial charge in [-0.25, -0.2) is 24.1 Å². The van der Waals surface area contributed by atoms with E-state index in [1.54, 1.807) is 35.1 Å². The molecule has 1 aliphatic rings. The van der Waals surface area contributed by atoms with Gasteiger partial charge in [0.25, 0.3) is 5.91 Å². The fourth-order valence-corrected chi connectivity index (χ4v) is 4.08. The first-order chi connectivity index (χ1) is 16.9. The maximum absolute atomic E-state index is 15.2. The third kappa shape index (κ3) is 5.06. The van der Waals surface area contributed by atoms with Crippen LogP contribution >= 0.6 is 0 Å². The number of hydrogen-bond donors (Lipinski definition) is 1. The van der Waals surface area contributed by atoms with Crippen molar-refractivity contribution >= 4 is 17.8 Å². The number of anilines is 1. The summed E-state index contributed by atoms with van der Waals surface area (Å²) < 4.78 is 20.2. The van der Waals surface area contributed by atoms with Gasteiger partial charge in [0.05, 0.1) is 23.6 Å². The summed E-state index contributed by atoms with van der Waals surface area (Å²) in [6.07, 6.45) is 3.33. The normalized spacial score (nSPS) is 13.6. The fraction of sp³-hybridized carbons (Fsp3) is 0.320. The lowest BCUT2D eigenvalue weighted by molar-refractivity contribution is 0.0567. The summed E-state index contributed by atoms with van der Waals surface area (Å²) in [5.74, 6) is -0.669. The quantitative estimate of drug-likeness (QED) is 0.598.